The van der Waals surface area contributed by atoms with Crippen molar-refractivity contribution in [1.82, 2.24) is 4.90 Å². The predicted octanol–water partition coefficient (Wildman–Crippen LogP) is 1.36. The van der Waals surface area contributed by atoms with Crippen molar-refractivity contribution in [2.75, 3.05) is 20.7 Å². The molecule has 0 amide bonds. The third-order valence-corrected chi connectivity index (χ3v) is 2.89. The van der Waals surface area contributed by atoms with Gasteiger partial charge in [0.2, 0.25) is 0 Å². The molecule has 106 valence electrons. The van der Waals surface area contributed by atoms with Crippen LogP contribution < -0.4 is 0 Å². The van der Waals surface area contributed by atoms with Crippen LogP contribution in [0.4, 0.5) is 0 Å². The van der Waals surface area contributed by atoms with Crippen LogP contribution in [0.25, 0.3) is 0 Å². The number of ether oxygens (including phenoxy) is 1. The summed E-state index contributed by atoms with van der Waals surface area (Å²) in [6.45, 7) is 4.21. The van der Waals surface area contributed by atoms with Gasteiger partial charge in [0.25, 0.3) is 0 Å². The molecule has 2 N–H and O–H groups in total. The topological polar surface area (TPSA) is 70.0 Å². The Morgan fingerprint density at radius 1 is 1.42 bits per heavy atom. The van der Waals surface area contributed by atoms with Crippen LogP contribution in [0.2, 0.25) is 0 Å². The lowest BCUT2D eigenvalue weighted by Gasteiger charge is -2.19. The van der Waals surface area contributed by atoms with E-state index in [-0.39, 0.29) is 12.4 Å². The van der Waals surface area contributed by atoms with Gasteiger partial charge in [-0.25, -0.2) is 4.79 Å². The average molecular weight is 267 g/mol. The van der Waals surface area contributed by atoms with Crippen LogP contribution in [0.3, 0.4) is 0 Å². The highest BCUT2D eigenvalue weighted by Gasteiger charge is 2.22. The van der Waals surface area contributed by atoms with Gasteiger partial charge < -0.3 is 19.8 Å². The van der Waals surface area contributed by atoms with Crippen molar-refractivity contribution < 1.29 is 19.7 Å². The van der Waals surface area contributed by atoms with E-state index >= 15 is 0 Å². The van der Waals surface area contributed by atoms with E-state index < -0.39 is 12.1 Å². The van der Waals surface area contributed by atoms with E-state index in [0.29, 0.717) is 23.2 Å². The van der Waals surface area contributed by atoms with Gasteiger partial charge in [0.05, 0.1) is 6.61 Å². The van der Waals surface area contributed by atoms with Crippen molar-refractivity contribution in [2.24, 2.45) is 0 Å². The molecule has 1 aromatic rings. The molecule has 0 bridgehead atoms. The zero-order valence-electron chi connectivity index (χ0n) is 11.8. The van der Waals surface area contributed by atoms with Gasteiger partial charge in [0.15, 0.2) is 6.10 Å². The number of carbonyl (C=O) groups excluding carboxylic acids is 1. The molecule has 0 saturated carbocycles. The van der Waals surface area contributed by atoms with E-state index in [4.69, 9.17) is 4.74 Å². The maximum absolute atomic E-state index is 11.6. The van der Waals surface area contributed by atoms with Crippen LogP contribution in [-0.4, -0.2) is 41.8 Å². The number of phenols is 1. The van der Waals surface area contributed by atoms with E-state index in [9.17, 15) is 15.0 Å². The molecule has 0 aliphatic heterocycles. The smallest absolute Gasteiger partial charge is 0.339 e. The number of phenolic OH excluding ortho intramolecular Hbond substituents is 1. The first-order chi connectivity index (χ1) is 8.88. The molecule has 0 aromatic heterocycles. The van der Waals surface area contributed by atoms with Crippen molar-refractivity contribution in [1.29, 1.82) is 0 Å². The molecule has 1 unspecified atom stereocenters. The molecule has 5 heteroatoms. The van der Waals surface area contributed by atoms with Crippen LogP contribution in [0.1, 0.15) is 29.7 Å². The van der Waals surface area contributed by atoms with E-state index in [0.717, 1.165) is 0 Å². The second kappa shape index (κ2) is 6.54. The molecule has 0 radical (unpaired) electrons. The summed E-state index contributed by atoms with van der Waals surface area (Å²) < 4.78 is 4.80. The molecule has 1 aromatic carbocycles. The van der Waals surface area contributed by atoms with Crippen molar-refractivity contribution in [3.05, 3.63) is 28.8 Å². The van der Waals surface area contributed by atoms with Gasteiger partial charge in [0.1, 0.15) is 5.75 Å². The molecular weight excluding hydrogens is 246 g/mol. The number of aliphatic hydroxyl groups is 1. The summed E-state index contributed by atoms with van der Waals surface area (Å²) in [5, 5.41) is 19.8. The Kier molecular flexibility index (Phi) is 5.32. The number of hydrogen-bond acceptors (Lipinski definition) is 5. The van der Waals surface area contributed by atoms with Gasteiger partial charge >= 0.3 is 5.97 Å². The zero-order chi connectivity index (χ0) is 14.6. The van der Waals surface area contributed by atoms with E-state index in [1.807, 2.05) is 19.0 Å². The third-order valence-electron chi connectivity index (χ3n) is 2.89. The molecule has 0 aliphatic carbocycles. The molecule has 1 atom stereocenters. The summed E-state index contributed by atoms with van der Waals surface area (Å²) in [6, 6.07) is 3.04. The SMILES string of the molecule is CCOC(=O)C(O)c1ccc(O)c(CN(C)C)c1C. The van der Waals surface area contributed by atoms with Crippen LogP contribution in [0.15, 0.2) is 12.1 Å². The number of esters is 1. The second-order valence-corrected chi connectivity index (χ2v) is 4.67. The Morgan fingerprint density at radius 2 is 2.05 bits per heavy atom. The maximum Gasteiger partial charge on any atom is 0.339 e. The van der Waals surface area contributed by atoms with Crippen LogP contribution in [0, 0.1) is 6.92 Å². The number of nitrogens with zero attached hydrogens (tertiary/aromatic N) is 1. The fourth-order valence-corrected chi connectivity index (χ4v) is 1.92. The maximum atomic E-state index is 11.6. The molecule has 0 saturated heterocycles. The minimum absolute atomic E-state index is 0.158. The second-order valence-electron chi connectivity index (χ2n) is 4.67. The first-order valence-electron chi connectivity index (χ1n) is 6.19. The Bertz CT molecular complexity index is 457. The fourth-order valence-electron chi connectivity index (χ4n) is 1.92. The average Bonchev–Trinajstić information content (AvgIpc) is 2.34. The van der Waals surface area contributed by atoms with E-state index in [2.05, 4.69) is 0 Å². The summed E-state index contributed by atoms with van der Waals surface area (Å²) in [6.07, 6.45) is -1.32. The Morgan fingerprint density at radius 3 is 2.58 bits per heavy atom. The molecular formula is C14H21NO4. The Balaban J connectivity index is 3.12. The number of aliphatic hydroxyl groups excluding tert-OH is 1. The van der Waals surface area contributed by atoms with Gasteiger partial charge in [-0.3, -0.25) is 0 Å². The monoisotopic (exact) mass is 267 g/mol. The van der Waals surface area contributed by atoms with Crippen molar-refractivity contribution in [3.8, 4) is 5.75 Å². The fraction of sp³-hybridized carbons (Fsp3) is 0.500. The predicted molar refractivity (Wildman–Crippen MR) is 71.8 cm³/mol. The van der Waals surface area contributed by atoms with Crippen molar-refractivity contribution in [2.45, 2.75) is 26.5 Å². The van der Waals surface area contributed by atoms with E-state index in [1.165, 1.54) is 6.07 Å². The highest BCUT2D eigenvalue weighted by Crippen LogP contribution is 2.29. The molecule has 0 heterocycles. The van der Waals surface area contributed by atoms with Gasteiger partial charge in [0, 0.05) is 12.1 Å². The standard InChI is InChI=1S/C14H21NO4/c1-5-19-14(18)13(17)10-6-7-12(16)11(9(10)2)8-15(3)4/h6-7,13,16-17H,5,8H2,1-4H3. The third kappa shape index (κ3) is 3.68. The first-order valence-corrected chi connectivity index (χ1v) is 6.19. The quantitative estimate of drug-likeness (QED) is 0.788. The van der Waals surface area contributed by atoms with Crippen molar-refractivity contribution >= 4 is 5.97 Å². The summed E-state index contributed by atoms with van der Waals surface area (Å²) in [7, 11) is 3.76. The summed E-state index contributed by atoms with van der Waals surface area (Å²) in [5.41, 5.74) is 1.87. The largest absolute Gasteiger partial charge is 0.508 e. The Hall–Kier alpha value is -1.59. The van der Waals surface area contributed by atoms with Gasteiger partial charge in [-0.1, -0.05) is 6.07 Å². The highest BCUT2D eigenvalue weighted by atomic mass is 16.5. The number of benzene rings is 1. The molecule has 5 nitrogen and oxygen atoms in total. The van der Waals surface area contributed by atoms with Gasteiger partial charge in [-0.05, 0) is 45.1 Å². The zero-order valence-corrected chi connectivity index (χ0v) is 11.8. The number of carbonyl (C=O) groups is 1. The lowest BCUT2D eigenvalue weighted by molar-refractivity contribution is -0.153. The molecule has 0 aliphatic rings. The summed E-state index contributed by atoms with van der Waals surface area (Å²) in [4.78, 5) is 13.5. The Labute approximate surface area is 113 Å². The number of hydrogen-bond donors (Lipinski definition) is 2. The van der Waals surface area contributed by atoms with Crippen LogP contribution in [0.5, 0.6) is 5.75 Å². The van der Waals surface area contributed by atoms with Gasteiger partial charge in [-0.15, -0.1) is 0 Å². The van der Waals surface area contributed by atoms with Gasteiger partial charge in [-0.2, -0.15) is 0 Å². The minimum Gasteiger partial charge on any atom is -0.508 e. The number of aromatic hydroxyl groups is 1. The lowest BCUT2D eigenvalue weighted by Crippen LogP contribution is -2.18. The van der Waals surface area contributed by atoms with Crippen LogP contribution >= 0.6 is 0 Å². The summed E-state index contributed by atoms with van der Waals surface area (Å²) >= 11 is 0. The first kappa shape index (κ1) is 15.5. The van der Waals surface area contributed by atoms with E-state index in [1.54, 1.807) is 19.9 Å². The molecule has 0 spiro atoms. The molecule has 19 heavy (non-hydrogen) atoms. The normalized spacial score (nSPS) is 12.5. The minimum atomic E-state index is -1.32. The highest BCUT2D eigenvalue weighted by molar-refractivity contribution is 5.77. The molecule has 0 fully saturated rings. The lowest BCUT2D eigenvalue weighted by atomic mass is 9.97. The van der Waals surface area contributed by atoms with Crippen molar-refractivity contribution in [3.63, 3.8) is 0 Å². The number of rotatable bonds is 5. The molecule has 1 rings (SSSR count). The van der Waals surface area contributed by atoms with Crippen LogP contribution in [-0.2, 0) is 16.1 Å². The summed E-state index contributed by atoms with van der Waals surface area (Å²) in [5.74, 6) is -0.516.